The van der Waals surface area contributed by atoms with E-state index in [1.165, 1.54) is 12.7 Å². The van der Waals surface area contributed by atoms with Crippen molar-refractivity contribution in [3.8, 4) is 0 Å². The highest BCUT2D eigenvalue weighted by atomic mass is 15.3. The van der Waals surface area contributed by atoms with E-state index in [0.29, 0.717) is 0 Å². The third-order valence-corrected chi connectivity index (χ3v) is 7.60. The zero-order valence-electron chi connectivity index (χ0n) is 39.2. The van der Waals surface area contributed by atoms with E-state index in [2.05, 4.69) is 206 Å². The number of hydrogen-bond acceptors (Lipinski definition) is 16. The summed E-state index contributed by atoms with van der Waals surface area (Å²) in [6.07, 6.45) is 18.2. The summed E-state index contributed by atoms with van der Waals surface area (Å²) in [5.74, 6) is 0.787. The lowest BCUT2D eigenvalue weighted by Gasteiger charge is -2.15. The van der Waals surface area contributed by atoms with Crippen LogP contribution in [0.3, 0.4) is 0 Å². The SMILES string of the molecule is CC(C)(C)c1cccnn1.CC(C)(C)c1ccnnn1.CC(C)(C)c1cnccn1.CC(C)(C)c1cncnn1.CC(C)(C)c1cncnn1.CC(C)(C)c1nccnn1. The minimum Gasteiger partial charge on any atom is -0.261 e. The molecule has 0 radical (unpaired) electrons. The highest BCUT2D eigenvalue weighted by Crippen LogP contribution is 2.20. The topological polar surface area (TPSA) is 206 Å². The molecule has 0 aliphatic carbocycles. The molecule has 60 heavy (non-hydrogen) atoms. The first-order valence-corrected chi connectivity index (χ1v) is 19.7. The summed E-state index contributed by atoms with van der Waals surface area (Å²) in [7, 11) is 0. The van der Waals surface area contributed by atoms with E-state index in [0.717, 1.165) is 34.3 Å². The molecule has 0 unspecified atom stereocenters. The number of hydrogen-bond donors (Lipinski definition) is 0. The summed E-state index contributed by atoms with van der Waals surface area (Å²) in [5.41, 5.74) is 5.34. The molecule has 6 aromatic rings. The van der Waals surface area contributed by atoms with Gasteiger partial charge in [0.25, 0.3) is 0 Å². The lowest BCUT2D eigenvalue weighted by atomic mass is 9.92. The predicted octanol–water partition coefficient (Wildman–Crippen LogP) is 8.22. The van der Waals surface area contributed by atoms with E-state index in [1.54, 1.807) is 55.8 Å². The summed E-state index contributed by atoms with van der Waals surface area (Å²) in [5, 5.41) is 41.7. The van der Waals surface area contributed by atoms with Gasteiger partial charge in [-0.1, -0.05) is 125 Å². The molecule has 0 aliphatic heterocycles. The van der Waals surface area contributed by atoms with E-state index in [-0.39, 0.29) is 32.5 Å². The summed E-state index contributed by atoms with van der Waals surface area (Å²) in [4.78, 5) is 20.0. The van der Waals surface area contributed by atoms with Crippen LogP contribution in [0.1, 0.15) is 159 Å². The molecule has 0 atom stereocenters. The minimum absolute atomic E-state index is 0.00819. The summed E-state index contributed by atoms with van der Waals surface area (Å²) in [6, 6.07) is 5.79. The Labute approximate surface area is 358 Å². The van der Waals surface area contributed by atoms with Crippen LogP contribution in [0.25, 0.3) is 0 Å². The molecule has 0 aliphatic rings. The van der Waals surface area contributed by atoms with Crippen molar-refractivity contribution in [3.05, 3.63) is 121 Å². The van der Waals surface area contributed by atoms with E-state index in [1.807, 2.05) is 18.2 Å². The van der Waals surface area contributed by atoms with Crippen molar-refractivity contribution in [2.75, 3.05) is 0 Å². The first-order valence-electron chi connectivity index (χ1n) is 19.7. The third kappa shape index (κ3) is 22.4. The fraction of sp³-hybridized carbons (Fsp3) is 0.545. The molecule has 0 bridgehead atoms. The van der Waals surface area contributed by atoms with E-state index < -0.39 is 0 Å². The van der Waals surface area contributed by atoms with Crippen LogP contribution in [0.15, 0.2) is 86.6 Å². The Morgan fingerprint density at radius 2 is 0.767 bits per heavy atom. The second-order valence-electron chi connectivity index (χ2n) is 19.7. The van der Waals surface area contributed by atoms with Gasteiger partial charge in [-0.05, 0) is 23.4 Å². The lowest BCUT2D eigenvalue weighted by molar-refractivity contribution is 0.533. The highest BCUT2D eigenvalue weighted by Gasteiger charge is 2.18. The van der Waals surface area contributed by atoms with Gasteiger partial charge in [-0.2, -0.15) is 25.5 Å². The highest BCUT2D eigenvalue weighted by molar-refractivity contribution is 5.10. The fourth-order valence-electron chi connectivity index (χ4n) is 3.80. The van der Waals surface area contributed by atoms with E-state index in [9.17, 15) is 0 Å². The van der Waals surface area contributed by atoms with E-state index in [4.69, 9.17) is 0 Å². The molecule has 0 aromatic carbocycles. The smallest absolute Gasteiger partial charge is 0.156 e. The molecular formula is C44H68N16. The summed E-state index contributed by atoms with van der Waals surface area (Å²) >= 11 is 0. The van der Waals surface area contributed by atoms with Gasteiger partial charge in [-0.25, -0.2) is 15.0 Å². The van der Waals surface area contributed by atoms with E-state index >= 15 is 0 Å². The lowest BCUT2D eigenvalue weighted by Crippen LogP contribution is -2.15. The maximum atomic E-state index is 4.19. The molecule has 0 fully saturated rings. The number of rotatable bonds is 0. The van der Waals surface area contributed by atoms with Crippen molar-refractivity contribution in [3.63, 3.8) is 0 Å². The van der Waals surface area contributed by atoms with Crippen LogP contribution in [0.4, 0.5) is 0 Å². The molecule has 6 rings (SSSR count). The monoisotopic (exact) mass is 821 g/mol. The standard InChI is InChI=1S/2C8H12N2.4C7H11N3/c1-8(2,3)7-6-9-4-5-10-7;1-8(2,3)7-5-4-6-9-10-7;2*1-7(2,3)6-4-8-5-9-10-6;1-7(2,3)6-8-4-5-9-10-6;1-7(2,3)6-4-5-8-10-9-6/h2*4-6H,1-3H3;4*4-5H,1-3H3. The summed E-state index contributed by atoms with van der Waals surface area (Å²) < 4.78 is 0. The maximum Gasteiger partial charge on any atom is 0.156 e. The van der Waals surface area contributed by atoms with Gasteiger partial charge >= 0.3 is 0 Å². The fourth-order valence-corrected chi connectivity index (χ4v) is 3.80. The quantitative estimate of drug-likeness (QED) is 0.141. The zero-order valence-corrected chi connectivity index (χ0v) is 39.2. The second-order valence-corrected chi connectivity index (χ2v) is 19.7. The number of aromatic nitrogens is 16. The first-order chi connectivity index (χ1) is 27.6. The molecule has 0 saturated carbocycles. The maximum absolute atomic E-state index is 4.19. The zero-order chi connectivity index (χ0) is 45.7. The minimum atomic E-state index is 0.00819. The van der Waals surface area contributed by atoms with Gasteiger partial charge in [0.1, 0.15) is 12.7 Å². The van der Waals surface area contributed by atoms with Crippen LogP contribution >= 0.6 is 0 Å². The van der Waals surface area contributed by atoms with Crippen molar-refractivity contribution >= 4 is 0 Å². The Hall–Kier alpha value is -5.80. The first kappa shape index (κ1) is 52.2. The van der Waals surface area contributed by atoms with Gasteiger partial charge < -0.3 is 0 Å². The molecule has 16 heteroatoms. The molecule has 324 valence electrons. The van der Waals surface area contributed by atoms with Crippen LogP contribution in [0.2, 0.25) is 0 Å². The van der Waals surface area contributed by atoms with Gasteiger partial charge in [0.15, 0.2) is 5.82 Å². The second kappa shape index (κ2) is 23.7. The van der Waals surface area contributed by atoms with Crippen molar-refractivity contribution < 1.29 is 0 Å². The largest absolute Gasteiger partial charge is 0.261 e. The van der Waals surface area contributed by atoms with Gasteiger partial charge in [-0.3, -0.25) is 9.97 Å². The van der Waals surface area contributed by atoms with Crippen LogP contribution in [0, 0.1) is 0 Å². The number of nitrogens with zero attached hydrogens (tertiary/aromatic N) is 16. The molecule has 0 spiro atoms. The molecule has 0 saturated heterocycles. The van der Waals surface area contributed by atoms with Gasteiger partial charge in [0.2, 0.25) is 0 Å². The van der Waals surface area contributed by atoms with Crippen molar-refractivity contribution in [1.29, 1.82) is 0 Å². The molecule has 6 aromatic heterocycles. The molecule has 16 nitrogen and oxygen atoms in total. The molecule has 0 amide bonds. The van der Waals surface area contributed by atoms with Gasteiger partial charge in [-0.15, -0.1) is 25.5 Å². The Morgan fingerprint density at radius 3 is 1.02 bits per heavy atom. The summed E-state index contributed by atoms with van der Waals surface area (Å²) in [6.45, 7) is 37.7. The van der Waals surface area contributed by atoms with Crippen molar-refractivity contribution in [2.24, 2.45) is 0 Å². The Morgan fingerprint density at radius 1 is 0.317 bits per heavy atom. The van der Waals surface area contributed by atoms with Crippen molar-refractivity contribution in [2.45, 2.75) is 157 Å². The Bertz CT molecular complexity index is 1580. The average molecular weight is 821 g/mol. The average Bonchev–Trinajstić information content (AvgIpc) is 3.19. The van der Waals surface area contributed by atoms with Gasteiger partial charge in [0, 0.05) is 63.5 Å². The third-order valence-electron chi connectivity index (χ3n) is 7.60. The Kier molecular flexibility index (Phi) is 20.6. The molecule has 0 N–H and O–H groups in total. The van der Waals surface area contributed by atoms with Crippen LogP contribution < -0.4 is 0 Å². The Balaban J connectivity index is 0.000000360. The van der Waals surface area contributed by atoms with Crippen LogP contribution in [-0.2, 0) is 32.5 Å². The van der Waals surface area contributed by atoms with Crippen molar-refractivity contribution in [1.82, 2.24) is 81.1 Å². The van der Waals surface area contributed by atoms with Gasteiger partial charge in [0.05, 0.1) is 53.3 Å². The van der Waals surface area contributed by atoms with Crippen LogP contribution in [-0.4, -0.2) is 81.1 Å². The molecule has 6 heterocycles. The van der Waals surface area contributed by atoms with Crippen LogP contribution in [0.5, 0.6) is 0 Å². The normalized spacial score (nSPS) is 11.5. The predicted molar refractivity (Wildman–Crippen MR) is 236 cm³/mol. The molecular weight excluding hydrogens is 753 g/mol.